The third-order valence-corrected chi connectivity index (χ3v) is 4.18. The molecule has 0 bridgehead atoms. The lowest BCUT2D eigenvalue weighted by atomic mass is 9.79. The van der Waals surface area contributed by atoms with Crippen LogP contribution in [0.4, 0.5) is 5.69 Å². The zero-order valence-corrected chi connectivity index (χ0v) is 11.8. The van der Waals surface area contributed by atoms with Crippen molar-refractivity contribution in [1.82, 2.24) is 0 Å². The molecular formula is C16H25NO. The average Bonchev–Trinajstić information content (AvgIpc) is 2.40. The van der Waals surface area contributed by atoms with Crippen molar-refractivity contribution in [3.8, 4) is 5.75 Å². The number of rotatable bonds is 4. The van der Waals surface area contributed by atoms with Crippen LogP contribution in [-0.4, -0.2) is 13.2 Å². The molecule has 0 atom stereocenters. The molecule has 0 saturated heterocycles. The van der Waals surface area contributed by atoms with Crippen LogP contribution in [-0.2, 0) is 0 Å². The van der Waals surface area contributed by atoms with Crippen molar-refractivity contribution < 1.29 is 4.74 Å². The lowest BCUT2D eigenvalue weighted by molar-refractivity contribution is 0.267. The van der Waals surface area contributed by atoms with E-state index in [0.717, 1.165) is 17.6 Å². The Morgan fingerprint density at radius 2 is 1.67 bits per heavy atom. The second-order valence-corrected chi connectivity index (χ2v) is 5.73. The van der Waals surface area contributed by atoms with Crippen LogP contribution >= 0.6 is 0 Å². The van der Waals surface area contributed by atoms with Gasteiger partial charge in [0.15, 0.2) is 0 Å². The van der Waals surface area contributed by atoms with Gasteiger partial charge in [-0.1, -0.05) is 13.8 Å². The van der Waals surface area contributed by atoms with E-state index in [9.17, 15) is 0 Å². The highest BCUT2D eigenvalue weighted by atomic mass is 16.5. The van der Waals surface area contributed by atoms with Crippen molar-refractivity contribution in [2.45, 2.75) is 45.6 Å². The first-order valence-corrected chi connectivity index (χ1v) is 7.09. The molecule has 100 valence electrons. The average molecular weight is 247 g/mol. The summed E-state index contributed by atoms with van der Waals surface area (Å²) in [5.74, 6) is 2.69. The van der Waals surface area contributed by atoms with E-state index < -0.39 is 0 Å². The fraction of sp³-hybridized carbons (Fsp3) is 0.625. The normalized spacial score (nSPS) is 24.0. The quantitative estimate of drug-likeness (QED) is 0.855. The number of anilines is 1. The monoisotopic (exact) mass is 247 g/mol. The molecule has 0 radical (unpaired) electrons. The summed E-state index contributed by atoms with van der Waals surface area (Å²) in [6, 6.07) is 8.89. The second kappa shape index (κ2) is 6.12. The fourth-order valence-corrected chi connectivity index (χ4v) is 2.85. The van der Waals surface area contributed by atoms with E-state index in [-0.39, 0.29) is 0 Å². The van der Waals surface area contributed by atoms with Crippen molar-refractivity contribution >= 4 is 5.69 Å². The SMILES string of the molecule is COc1ccc(NC2CCC(C(C)C)CC2)cc1. The molecule has 0 aromatic heterocycles. The summed E-state index contributed by atoms with van der Waals surface area (Å²) in [7, 11) is 1.70. The molecule has 1 N–H and O–H groups in total. The lowest BCUT2D eigenvalue weighted by Gasteiger charge is -2.31. The van der Waals surface area contributed by atoms with Gasteiger partial charge in [0.25, 0.3) is 0 Å². The Bertz CT molecular complexity index is 350. The molecule has 1 saturated carbocycles. The van der Waals surface area contributed by atoms with Crippen LogP contribution in [0.15, 0.2) is 24.3 Å². The summed E-state index contributed by atoms with van der Waals surface area (Å²) in [5.41, 5.74) is 1.21. The number of methoxy groups -OCH3 is 1. The predicted octanol–water partition coefficient (Wildman–Crippen LogP) is 4.32. The third-order valence-electron chi connectivity index (χ3n) is 4.18. The van der Waals surface area contributed by atoms with Crippen LogP contribution in [0.25, 0.3) is 0 Å². The summed E-state index contributed by atoms with van der Waals surface area (Å²) >= 11 is 0. The van der Waals surface area contributed by atoms with E-state index in [0.29, 0.717) is 6.04 Å². The molecule has 0 unspecified atom stereocenters. The van der Waals surface area contributed by atoms with Crippen molar-refractivity contribution in [3.63, 3.8) is 0 Å². The van der Waals surface area contributed by atoms with E-state index in [1.807, 2.05) is 12.1 Å². The minimum Gasteiger partial charge on any atom is -0.497 e. The molecule has 1 aromatic carbocycles. The first-order chi connectivity index (χ1) is 8.69. The van der Waals surface area contributed by atoms with Gasteiger partial charge in [0, 0.05) is 11.7 Å². The van der Waals surface area contributed by atoms with Gasteiger partial charge in [0.2, 0.25) is 0 Å². The summed E-state index contributed by atoms with van der Waals surface area (Å²) in [6.07, 6.45) is 5.33. The molecule has 0 aliphatic heterocycles. The number of ether oxygens (including phenoxy) is 1. The van der Waals surface area contributed by atoms with Crippen LogP contribution in [0.1, 0.15) is 39.5 Å². The zero-order valence-electron chi connectivity index (χ0n) is 11.8. The Morgan fingerprint density at radius 3 is 2.17 bits per heavy atom. The summed E-state index contributed by atoms with van der Waals surface area (Å²) in [4.78, 5) is 0. The molecule has 0 amide bonds. The van der Waals surface area contributed by atoms with Crippen LogP contribution in [0.2, 0.25) is 0 Å². The van der Waals surface area contributed by atoms with Gasteiger partial charge in [-0.25, -0.2) is 0 Å². The van der Waals surface area contributed by atoms with Crippen molar-refractivity contribution in [2.75, 3.05) is 12.4 Å². The standard InChI is InChI=1S/C16H25NO/c1-12(2)13-4-6-14(7-5-13)17-15-8-10-16(18-3)11-9-15/h8-14,17H,4-7H2,1-3H3. The summed E-state index contributed by atoms with van der Waals surface area (Å²) in [6.45, 7) is 4.70. The molecule has 1 aromatic rings. The largest absolute Gasteiger partial charge is 0.497 e. The Kier molecular flexibility index (Phi) is 4.51. The topological polar surface area (TPSA) is 21.3 Å². The summed E-state index contributed by atoms with van der Waals surface area (Å²) in [5, 5.41) is 3.64. The predicted molar refractivity (Wildman–Crippen MR) is 77.2 cm³/mol. The highest BCUT2D eigenvalue weighted by Gasteiger charge is 2.22. The molecular weight excluding hydrogens is 222 g/mol. The zero-order chi connectivity index (χ0) is 13.0. The highest BCUT2D eigenvalue weighted by Crippen LogP contribution is 2.31. The number of hydrogen-bond donors (Lipinski definition) is 1. The number of hydrogen-bond acceptors (Lipinski definition) is 2. The van der Waals surface area contributed by atoms with Crippen molar-refractivity contribution in [2.24, 2.45) is 11.8 Å². The first-order valence-electron chi connectivity index (χ1n) is 7.09. The van der Waals surface area contributed by atoms with E-state index in [1.165, 1.54) is 31.4 Å². The molecule has 18 heavy (non-hydrogen) atoms. The van der Waals surface area contributed by atoms with Gasteiger partial charge < -0.3 is 10.1 Å². The maximum absolute atomic E-state index is 5.17. The third kappa shape index (κ3) is 3.41. The Labute approximate surface area is 111 Å². The molecule has 2 nitrogen and oxygen atoms in total. The summed E-state index contributed by atoms with van der Waals surface area (Å²) < 4.78 is 5.17. The smallest absolute Gasteiger partial charge is 0.119 e. The minimum atomic E-state index is 0.647. The molecule has 0 heterocycles. The molecule has 1 aliphatic carbocycles. The van der Waals surface area contributed by atoms with Gasteiger partial charge in [0.1, 0.15) is 5.75 Å². The fourth-order valence-electron chi connectivity index (χ4n) is 2.85. The molecule has 1 fully saturated rings. The van der Waals surface area contributed by atoms with Crippen molar-refractivity contribution in [1.29, 1.82) is 0 Å². The van der Waals surface area contributed by atoms with Gasteiger partial charge in [0.05, 0.1) is 7.11 Å². The lowest BCUT2D eigenvalue weighted by Crippen LogP contribution is -2.27. The van der Waals surface area contributed by atoms with Gasteiger partial charge >= 0.3 is 0 Å². The molecule has 1 aliphatic rings. The maximum atomic E-state index is 5.17. The van der Waals surface area contributed by atoms with Gasteiger partial charge in [-0.3, -0.25) is 0 Å². The van der Waals surface area contributed by atoms with Crippen molar-refractivity contribution in [3.05, 3.63) is 24.3 Å². The van der Waals surface area contributed by atoms with Gasteiger partial charge in [-0.15, -0.1) is 0 Å². The maximum Gasteiger partial charge on any atom is 0.119 e. The van der Waals surface area contributed by atoms with Crippen LogP contribution in [0.3, 0.4) is 0 Å². The van der Waals surface area contributed by atoms with Crippen LogP contribution < -0.4 is 10.1 Å². The van der Waals surface area contributed by atoms with Crippen LogP contribution in [0.5, 0.6) is 5.75 Å². The molecule has 2 heteroatoms. The van der Waals surface area contributed by atoms with Gasteiger partial charge in [-0.2, -0.15) is 0 Å². The number of benzene rings is 1. The van der Waals surface area contributed by atoms with Crippen LogP contribution in [0, 0.1) is 11.8 Å². The molecule has 0 spiro atoms. The second-order valence-electron chi connectivity index (χ2n) is 5.73. The van der Waals surface area contributed by atoms with E-state index in [1.54, 1.807) is 7.11 Å². The Balaban J connectivity index is 1.83. The number of nitrogens with one attached hydrogen (secondary N) is 1. The van der Waals surface area contributed by atoms with E-state index >= 15 is 0 Å². The van der Waals surface area contributed by atoms with E-state index in [2.05, 4.69) is 31.3 Å². The first kappa shape index (κ1) is 13.3. The highest BCUT2D eigenvalue weighted by molar-refractivity contribution is 5.47. The van der Waals surface area contributed by atoms with Gasteiger partial charge in [-0.05, 0) is 61.8 Å². The minimum absolute atomic E-state index is 0.647. The van der Waals surface area contributed by atoms with E-state index in [4.69, 9.17) is 4.74 Å². The Hall–Kier alpha value is -1.18. The Morgan fingerprint density at radius 1 is 1.06 bits per heavy atom. The molecule has 2 rings (SSSR count).